The van der Waals surface area contributed by atoms with Gasteiger partial charge >= 0.3 is 0 Å². The lowest BCUT2D eigenvalue weighted by molar-refractivity contribution is -0.151. The number of carbonyl (C=O) groups is 2. The summed E-state index contributed by atoms with van der Waals surface area (Å²) in [7, 11) is 0. The highest BCUT2D eigenvalue weighted by Gasteiger charge is 2.49. The molecule has 2 aliphatic rings. The summed E-state index contributed by atoms with van der Waals surface area (Å²) >= 11 is 0. The van der Waals surface area contributed by atoms with Crippen molar-refractivity contribution in [1.82, 2.24) is 24.5 Å². The Morgan fingerprint density at radius 2 is 1.74 bits per heavy atom. The highest BCUT2D eigenvalue weighted by Crippen LogP contribution is 2.46. The van der Waals surface area contributed by atoms with Gasteiger partial charge < -0.3 is 26.0 Å². The summed E-state index contributed by atoms with van der Waals surface area (Å²) in [5, 5.41) is 33.6. The van der Waals surface area contributed by atoms with Crippen LogP contribution in [0.25, 0.3) is 28.0 Å². The quantitative estimate of drug-likeness (QED) is 0.237. The molecule has 12 heteroatoms. The SMILES string of the molecule is CC(=O)c1c([C@@H]2C[C@H]3CC[C@@H](C2)N3C(=O)C(C)(CO)CO)nc2c(-c3ccc(-c4ccc(O)c(F)c4)nc3)cnn2c1N. The van der Waals surface area contributed by atoms with Crippen molar-refractivity contribution in [2.45, 2.75) is 57.5 Å². The number of aromatic nitrogens is 4. The lowest BCUT2D eigenvalue weighted by Crippen LogP contribution is -2.54. The maximum atomic E-state index is 13.9. The summed E-state index contributed by atoms with van der Waals surface area (Å²) in [6.07, 6.45) is 5.94. The number of carbonyl (C=O) groups excluding carboxylic acids is 2. The van der Waals surface area contributed by atoms with Crippen molar-refractivity contribution in [1.29, 1.82) is 0 Å². The zero-order valence-electron chi connectivity index (χ0n) is 23.9. The number of hydrogen-bond donors (Lipinski definition) is 4. The van der Waals surface area contributed by atoms with Crippen molar-refractivity contribution in [3.8, 4) is 28.1 Å². The number of phenols is 1. The van der Waals surface area contributed by atoms with E-state index in [4.69, 9.17) is 10.7 Å². The van der Waals surface area contributed by atoms with Crippen molar-refractivity contribution in [3.05, 3.63) is 59.8 Å². The molecule has 4 aromatic rings. The normalized spacial score (nSPS) is 20.1. The first-order valence-corrected chi connectivity index (χ1v) is 14.2. The number of hydrogen-bond acceptors (Lipinski definition) is 9. The zero-order valence-corrected chi connectivity index (χ0v) is 23.9. The Morgan fingerprint density at radius 3 is 2.33 bits per heavy atom. The molecular weight excluding hydrogens is 555 g/mol. The molecule has 224 valence electrons. The number of ketones is 1. The molecule has 3 aromatic heterocycles. The van der Waals surface area contributed by atoms with Crippen LogP contribution in [-0.4, -0.2) is 76.8 Å². The number of phenolic OH excluding ortho intramolecular Hbond substituents is 1. The molecule has 2 fully saturated rings. The van der Waals surface area contributed by atoms with E-state index in [1.165, 1.54) is 23.6 Å². The molecule has 1 amide bonds. The Labute approximate surface area is 246 Å². The number of benzene rings is 1. The second kappa shape index (κ2) is 10.7. The second-order valence-electron chi connectivity index (χ2n) is 11.8. The lowest BCUT2D eigenvalue weighted by atomic mass is 9.82. The molecule has 0 aliphatic carbocycles. The van der Waals surface area contributed by atoms with Crippen LogP contribution in [-0.2, 0) is 4.79 Å². The third-order valence-corrected chi connectivity index (χ3v) is 8.95. The van der Waals surface area contributed by atoms with Crippen molar-refractivity contribution < 1.29 is 29.3 Å². The first-order valence-electron chi connectivity index (χ1n) is 14.2. The number of aliphatic hydroxyl groups is 2. The lowest BCUT2D eigenvalue weighted by Gasteiger charge is -2.42. The first-order chi connectivity index (χ1) is 20.6. The molecular formula is C31H33FN6O5. The number of piperidine rings is 1. The number of Topliss-reactive ketones (excluding diaryl/α,β-unsaturated/α-hetero) is 1. The predicted octanol–water partition coefficient (Wildman–Crippen LogP) is 3.32. The van der Waals surface area contributed by atoms with E-state index in [0.29, 0.717) is 52.1 Å². The number of rotatable bonds is 7. The van der Waals surface area contributed by atoms with Crippen molar-refractivity contribution in [2.24, 2.45) is 5.41 Å². The smallest absolute Gasteiger partial charge is 0.233 e. The molecule has 2 bridgehead atoms. The fourth-order valence-electron chi connectivity index (χ4n) is 6.51. The molecule has 5 heterocycles. The highest BCUT2D eigenvalue weighted by molar-refractivity contribution is 6.00. The summed E-state index contributed by atoms with van der Waals surface area (Å²) in [6, 6.07) is 7.38. The molecule has 5 N–H and O–H groups in total. The Balaban J connectivity index is 1.36. The standard InChI is InChI=1S/C31H33FN6O5/c1-16(41)26-27(19-9-20-5-6-21(10-19)37(20)30(43)31(2,14-39)15-40)36-29-22(13-35-38(29)28(26)33)18-3-7-24(34-12-18)17-4-8-25(42)23(32)11-17/h3-4,7-8,11-13,19-21,39-40,42H,5-6,9-10,14-15,33H2,1-2H3/t19-,20-,21+. The van der Waals surface area contributed by atoms with Crippen LogP contribution in [0.2, 0.25) is 0 Å². The van der Waals surface area contributed by atoms with Gasteiger partial charge in [0.2, 0.25) is 5.91 Å². The molecule has 1 aromatic carbocycles. The monoisotopic (exact) mass is 588 g/mol. The Morgan fingerprint density at radius 1 is 1.07 bits per heavy atom. The number of nitrogens with zero attached hydrogens (tertiary/aromatic N) is 5. The second-order valence-corrected chi connectivity index (χ2v) is 11.8. The van der Waals surface area contributed by atoms with Crippen molar-refractivity contribution >= 4 is 23.2 Å². The molecule has 11 nitrogen and oxygen atoms in total. The maximum Gasteiger partial charge on any atom is 0.233 e. The Bertz CT molecular complexity index is 1720. The van der Waals surface area contributed by atoms with E-state index in [2.05, 4.69) is 10.1 Å². The first kappa shape index (κ1) is 28.7. The Hall–Kier alpha value is -4.42. The molecule has 2 saturated heterocycles. The van der Waals surface area contributed by atoms with E-state index in [0.717, 1.165) is 12.8 Å². The number of nitrogen functional groups attached to an aromatic ring is 1. The fourth-order valence-corrected chi connectivity index (χ4v) is 6.51. The summed E-state index contributed by atoms with van der Waals surface area (Å²) in [5.41, 5.74) is 9.00. The van der Waals surface area contributed by atoms with Crippen LogP contribution in [0, 0.1) is 11.2 Å². The number of amides is 1. The number of fused-ring (bicyclic) bond motifs is 3. The number of anilines is 1. The largest absolute Gasteiger partial charge is 0.505 e. The van der Waals surface area contributed by atoms with Gasteiger partial charge in [-0.05, 0) is 63.8 Å². The van der Waals surface area contributed by atoms with E-state index in [1.807, 2.05) is 11.0 Å². The number of nitrogens with two attached hydrogens (primary N) is 1. The van der Waals surface area contributed by atoms with Crippen LogP contribution in [0.3, 0.4) is 0 Å². The third-order valence-electron chi connectivity index (χ3n) is 8.95. The van der Waals surface area contributed by atoms with Gasteiger partial charge in [-0.2, -0.15) is 9.61 Å². The molecule has 6 rings (SSSR count). The molecule has 0 unspecified atom stereocenters. The topological polar surface area (TPSA) is 167 Å². The number of aromatic hydroxyl groups is 1. The van der Waals surface area contributed by atoms with E-state index in [-0.39, 0.29) is 35.5 Å². The summed E-state index contributed by atoms with van der Waals surface area (Å²) in [5.74, 6) is -1.63. The number of pyridine rings is 1. The van der Waals surface area contributed by atoms with Crippen LogP contribution >= 0.6 is 0 Å². The van der Waals surface area contributed by atoms with Crippen LogP contribution in [0.1, 0.15) is 61.5 Å². The third kappa shape index (κ3) is 4.70. The highest BCUT2D eigenvalue weighted by atomic mass is 19.1. The Kier molecular flexibility index (Phi) is 7.13. The minimum atomic E-state index is -1.26. The van der Waals surface area contributed by atoms with Gasteiger partial charge in [0.25, 0.3) is 0 Å². The van der Waals surface area contributed by atoms with Gasteiger partial charge in [-0.1, -0.05) is 6.07 Å². The van der Waals surface area contributed by atoms with Crippen molar-refractivity contribution in [3.63, 3.8) is 0 Å². The molecule has 0 spiro atoms. The van der Waals surface area contributed by atoms with E-state index in [1.54, 1.807) is 31.5 Å². The molecule has 2 aliphatic heterocycles. The van der Waals surface area contributed by atoms with Crippen LogP contribution < -0.4 is 5.73 Å². The predicted molar refractivity (Wildman–Crippen MR) is 156 cm³/mol. The minimum Gasteiger partial charge on any atom is -0.505 e. The summed E-state index contributed by atoms with van der Waals surface area (Å²) < 4.78 is 15.3. The van der Waals surface area contributed by atoms with Crippen LogP contribution in [0.4, 0.5) is 10.2 Å². The van der Waals surface area contributed by atoms with Gasteiger partial charge in [-0.3, -0.25) is 14.6 Å². The molecule has 0 saturated carbocycles. The van der Waals surface area contributed by atoms with Gasteiger partial charge in [0, 0.05) is 40.9 Å². The van der Waals surface area contributed by atoms with Gasteiger partial charge in [0.1, 0.15) is 5.82 Å². The van der Waals surface area contributed by atoms with Crippen molar-refractivity contribution in [2.75, 3.05) is 18.9 Å². The van der Waals surface area contributed by atoms with Crippen LogP contribution in [0.15, 0.2) is 42.7 Å². The van der Waals surface area contributed by atoms with E-state index in [9.17, 15) is 29.3 Å². The average Bonchev–Trinajstić information content (AvgIpc) is 3.55. The minimum absolute atomic E-state index is 0.112. The average molecular weight is 589 g/mol. The molecule has 0 radical (unpaired) electrons. The maximum absolute atomic E-state index is 13.9. The number of aliphatic hydroxyl groups excluding tert-OH is 2. The van der Waals surface area contributed by atoms with E-state index < -0.39 is 30.2 Å². The fraction of sp³-hybridized carbons (Fsp3) is 0.387. The zero-order chi connectivity index (χ0) is 30.6. The summed E-state index contributed by atoms with van der Waals surface area (Å²) in [6.45, 7) is 2.12. The number of halogens is 1. The molecule has 43 heavy (non-hydrogen) atoms. The van der Waals surface area contributed by atoms with Crippen LogP contribution in [0.5, 0.6) is 5.75 Å². The summed E-state index contributed by atoms with van der Waals surface area (Å²) in [4.78, 5) is 37.5. The van der Waals surface area contributed by atoms with Gasteiger partial charge in [0.15, 0.2) is 23.0 Å². The molecule has 3 atom stereocenters. The van der Waals surface area contributed by atoms with Gasteiger partial charge in [-0.25, -0.2) is 9.37 Å². The van der Waals surface area contributed by atoms with Gasteiger partial charge in [0.05, 0.1) is 41.8 Å². The van der Waals surface area contributed by atoms with Gasteiger partial charge in [-0.15, -0.1) is 0 Å². The van der Waals surface area contributed by atoms with E-state index >= 15 is 0 Å².